The van der Waals surface area contributed by atoms with Gasteiger partial charge in [0.2, 0.25) is 5.91 Å². The quantitative estimate of drug-likeness (QED) is 0.580. The highest BCUT2D eigenvalue weighted by Crippen LogP contribution is 1.99. The molecule has 0 aliphatic rings. The minimum absolute atomic E-state index is 0.0305. The van der Waals surface area contributed by atoms with Gasteiger partial charge in [-0.1, -0.05) is 6.42 Å². The Balaban J connectivity index is 3.27. The summed E-state index contributed by atoms with van der Waals surface area (Å²) in [6.45, 7) is 2.12. The molecule has 0 aromatic heterocycles. The van der Waals surface area contributed by atoms with E-state index in [1.54, 1.807) is 6.92 Å². The maximum atomic E-state index is 11.1. The largest absolute Gasteiger partial charge is 0.481 e. The summed E-state index contributed by atoms with van der Waals surface area (Å²) >= 11 is 0. The fourth-order valence-corrected chi connectivity index (χ4v) is 1.21. The van der Waals surface area contributed by atoms with Gasteiger partial charge in [-0.25, -0.2) is 0 Å². The highest BCUT2D eigenvalue weighted by molar-refractivity contribution is 5.80. The van der Waals surface area contributed by atoms with Gasteiger partial charge in [-0.3, -0.25) is 9.59 Å². The first-order valence-corrected chi connectivity index (χ1v) is 5.50. The molecule has 1 amide bonds. The zero-order valence-corrected chi connectivity index (χ0v) is 9.62. The van der Waals surface area contributed by atoms with Crippen LogP contribution in [-0.2, 0) is 14.4 Å². The Morgan fingerprint density at radius 3 is 2.25 bits per heavy atom. The molecule has 0 rings (SSSR count). The first-order valence-electron chi connectivity index (χ1n) is 5.50. The van der Waals surface area contributed by atoms with E-state index < -0.39 is 5.97 Å². The molecule has 0 bridgehead atoms. The molecule has 0 spiro atoms. The predicted octanol–water partition coefficient (Wildman–Crippen LogP) is 1.12. The standard InChI is InChI=1S/C11H19NO4/c1-9(13)5-3-2-4-8-12-10(14)6-7-11(15)16/h2-8H2,1H3,(H,12,14)(H,15,16). The van der Waals surface area contributed by atoms with E-state index in [4.69, 9.17) is 5.11 Å². The topological polar surface area (TPSA) is 83.5 Å². The van der Waals surface area contributed by atoms with E-state index >= 15 is 0 Å². The van der Waals surface area contributed by atoms with Crippen molar-refractivity contribution in [3.8, 4) is 0 Å². The van der Waals surface area contributed by atoms with Crippen molar-refractivity contribution in [2.45, 2.75) is 45.4 Å². The van der Waals surface area contributed by atoms with Gasteiger partial charge in [0.1, 0.15) is 5.78 Å². The highest BCUT2D eigenvalue weighted by atomic mass is 16.4. The fourth-order valence-electron chi connectivity index (χ4n) is 1.21. The van der Waals surface area contributed by atoms with E-state index in [1.807, 2.05) is 0 Å². The predicted molar refractivity (Wildman–Crippen MR) is 59.0 cm³/mol. The molecule has 0 heterocycles. The number of carboxylic acids is 1. The lowest BCUT2D eigenvalue weighted by atomic mass is 10.1. The second kappa shape index (κ2) is 8.88. The number of aliphatic carboxylic acids is 1. The summed E-state index contributed by atoms with van der Waals surface area (Å²) in [5, 5.41) is 11.0. The fraction of sp³-hybridized carbons (Fsp3) is 0.727. The number of hydrogen-bond donors (Lipinski definition) is 2. The molecule has 0 aliphatic heterocycles. The SMILES string of the molecule is CC(=O)CCCCCNC(=O)CCC(=O)O. The van der Waals surface area contributed by atoms with Gasteiger partial charge < -0.3 is 15.2 Å². The number of unbranched alkanes of at least 4 members (excludes halogenated alkanes) is 2. The van der Waals surface area contributed by atoms with E-state index in [1.165, 1.54) is 0 Å². The molecule has 0 fully saturated rings. The Hall–Kier alpha value is -1.39. The molecule has 0 atom stereocenters. The first kappa shape index (κ1) is 14.6. The number of ketones is 1. The van der Waals surface area contributed by atoms with Crippen molar-refractivity contribution in [2.75, 3.05) is 6.54 Å². The number of amides is 1. The zero-order valence-electron chi connectivity index (χ0n) is 9.62. The summed E-state index contributed by atoms with van der Waals surface area (Å²) in [5.41, 5.74) is 0. The van der Waals surface area contributed by atoms with Crippen molar-refractivity contribution in [1.82, 2.24) is 5.32 Å². The minimum atomic E-state index is -0.961. The lowest BCUT2D eigenvalue weighted by molar-refractivity contribution is -0.138. The number of carbonyl (C=O) groups excluding carboxylic acids is 2. The van der Waals surface area contributed by atoms with Crippen molar-refractivity contribution in [1.29, 1.82) is 0 Å². The molecule has 0 aromatic carbocycles. The van der Waals surface area contributed by atoms with Gasteiger partial charge in [0.15, 0.2) is 0 Å². The number of carbonyl (C=O) groups is 3. The van der Waals surface area contributed by atoms with Crippen molar-refractivity contribution in [2.24, 2.45) is 0 Å². The Morgan fingerprint density at radius 2 is 1.69 bits per heavy atom. The first-order chi connectivity index (χ1) is 7.52. The van der Waals surface area contributed by atoms with Crippen LogP contribution in [0, 0.1) is 0 Å². The molecule has 2 N–H and O–H groups in total. The molecule has 0 saturated heterocycles. The lowest BCUT2D eigenvalue weighted by Gasteiger charge is -2.03. The minimum Gasteiger partial charge on any atom is -0.481 e. The second-order valence-corrected chi connectivity index (χ2v) is 3.76. The molecule has 0 radical (unpaired) electrons. The molecule has 0 aliphatic carbocycles. The molecule has 5 heteroatoms. The van der Waals surface area contributed by atoms with Crippen LogP contribution in [0.2, 0.25) is 0 Å². The molecule has 92 valence electrons. The average Bonchev–Trinajstić information content (AvgIpc) is 2.19. The van der Waals surface area contributed by atoms with Crippen molar-refractivity contribution >= 4 is 17.7 Å². The third kappa shape index (κ3) is 10.7. The summed E-state index contributed by atoms with van der Waals surface area (Å²) in [6.07, 6.45) is 3.07. The molecular weight excluding hydrogens is 210 g/mol. The Morgan fingerprint density at radius 1 is 1.00 bits per heavy atom. The van der Waals surface area contributed by atoms with Crippen LogP contribution in [0.15, 0.2) is 0 Å². The summed E-state index contributed by atoms with van der Waals surface area (Å²) in [4.78, 5) is 31.8. The number of nitrogens with one attached hydrogen (secondary N) is 1. The van der Waals surface area contributed by atoms with E-state index in [0.717, 1.165) is 19.3 Å². The maximum absolute atomic E-state index is 11.1. The second-order valence-electron chi connectivity index (χ2n) is 3.76. The zero-order chi connectivity index (χ0) is 12.4. The van der Waals surface area contributed by atoms with Crippen molar-refractivity contribution < 1.29 is 19.5 Å². The van der Waals surface area contributed by atoms with Crippen LogP contribution in [0.4, 0.5) is 0 Å². The van der Waals surface area contributed by atoms with Gasteiger partial charge in [0.25, 0.3) is 0 Å². The third-order valence-corrected chi connectivity index (χ3v) is 2.09. The average molecular weight is 229 g/mol. The number of Topliss-reactive ketones (excluding diaryl/α,β-unsaturated/α-hetero) is 1. The van der Waals surface area contributed by atoms with Crippen LogP contribution >= 0.6 is 0 Å². The normalized spacial score (nSPS) is 9.81. The Kier molecular flexibility index (Phi) is 8.11. The number of carboxylic acid groups (broad SMARTS) is 1. The molecule has 0 saturated carbocycles. The van der Waals surface area contributed by atoms with Gasteiger partial charge in [-0.2, -0.15) is 0 Å². The number of rotatable bonds is 9. The smallest absolute Gasteiger partial charge is 0.303 e. The number of hydrogen-bond acceptors (Lipinski definition) is 3. The Bertz CT molecular complexity index is 250. The van der Waals surface area contributed by atoms with E-state index in [2.05, 4.69) is 5.32 Å². The maximum Gasteiger partial charge on any atom is 0.303 e. The van der Waals surface area contributed by atoms with Crippen LogP contribution in [0.3, 0.4) is 0 Å². The van der Waals surface area contributed by atoms with E-state index in [-0.39, 0.29) is 24.5 Å². The van der Waals surface area contributed by atoms with Crippen molar-refractivity contribution in [3.05, 3.63) is 0 Å². The van der Waals surface area contributed by atoms with Gasteiger partial charge >= 0.3 is 5.97 Å². The van der Waals surface area contributed by atoms with Crippen LogP contribution in [0.5, 0.6) is 0 Å². The molecule has 0 aromatic rings. The van der Waals surface area contributed by atoms with Crippen LogP contribution in [0.25, 0.3) is 0 Å². The summed E-state index contributed by atoms with van der Waals surface area (Å²) in [7, 11) is 0. The monoisotopic (exact) mass is 229 g/mol. The summed E-state index contributed by atoms with van der Waals surface area (Å²) < 4.78 is 0. The molecule has 0 unspecified atom stereocenters. The van der Waals surface area contributed by atoms with Crippen molar-refractivity contribution in [3.63, 3.8) is 0 Å². The molecule has 16 heavy (non-hydrogen) atoms. The Labute approximate surface area is 95.2 Å². The van der Waals surface area contributed by atoms with Gasteiger partial charge in [-0.15, -0.1) is 0 Å². The van der Waals surface area contributed by atoms with Gasteiger partial charge in [0.05, 0.1) is 6.42 Å². The molecule has 5 nitrogen and oxygen atoms in total. The molecular formula is C11H19NO4. The van der Waals surface area contributed by atoms with E-state index in [0.29, 0.717) is 13.0 Å². The van der Waals surface area contributed by atoms with Crippen LogP contribution in [0.1, 0.15) is 45.4 Å². The summed E-state index contributed by atoms with van der Waals surface area (Å²) in [6, 6.07) is 0. The van der Waals surface area contributed by atoms with Crippen LogP contribution in [-0.4, -0.2) is 29.3 Å². The summed E-state index contributed by atoms with van der Waals surface area (Å²) in [5.74, 6) is -1.00. The third-order valence-electron chi connectivity index (χ3n) is 2.09. The lowest BCUT2D eigenvalue weighted by Crippen LogP contribution is -2.24. The highest BCUT2D eigenvalue weighted by Gasteiger charge is 2.03. The van der Waals surface area contributed by atoms with Crippen LogP contribution < -0.4 is 5.32 Å². The van der Waals surface area contributed by atoms with Gasteiger partial charge in [0, 0.05) is 19.4 Å². The van der Waals surface area contributed by atoms with Gasteiger partial charge in [-0.05, 0) is 19.8 Å². The van der Waals surface area contributed by atoms with E-state index in [9.17, 15) is 14.4 Å².